The lowest BCUT2D eigenvalue weighted by Gasteiger charge is -1.99. The van der Waals surface area contributed by atoms with E-state index in [2.05, 4.69) is 20.9 Å². The van der Waals surface area contributed by atoms with E-state index in [9.17, 15) is 10.1 Å². The van der Waals surface area contributed by atoms with Crippen molar-refractivity contribution in [1.29, 1.82) is 0 Å². The predicted octanol–water partition coefficient (Wildman–Crippen LogP) is 2.91. The molecular formula is C9H5BrN2O2. The second-order valence-electron chi connectivity index (χ2n) is 2.72. The number of nitro groups is 1. The number of rotatable bonds is 1. The summed E-state index contributed by atoms with van der Waals surface area (Å²) in [4.78, 5) is 14.2. The van der Waals surface area contributed by atoms with Crippen molar-refractivity contribution in [2.24, 2.45) is 0 Å². The number of aromatic nitrogens is 1. The molecule has 5 heteroatoms. The maximum Gasteiger partial charge on any atom is 0.295 e. The first-order chi connectivity index (χ1) is 6.70. The quantitative estimate of drug-likeness (QED) is 0.579. The molecule has 0 saturated heterocycles. The number of hydrogen-bond acceptors (Lipinski definition) is 3. The summed E-state index contributed by atoms with van der Waals surface area (Å²) < 4.78 is 0.811. The van der Waals surface area contributed by atoms with Crippen LogP contribution in [-0.4, -0.2) is 9.91 Å². The molecule has 1 aromatic heterocycles. The van der Waals surface area contributed by atoms with Crippen molar-refractivity contribution in [2.45, 2.75) is 0 Å². The van der Waals surface area contributed by atoms with Gasteiger partial charge in [0.2, 0.25) is 0 Å². The molecule has 2 rings (SSSR count). The summed E-state index contributed by atoms with van der Waals surface area (Å²) in [6, 6.07) is 6.64. The average molecular weight is 253 g/mol. The minimum Gasteiger partial charge on any atom is -0.258 e. The van der Waals surface area contributed by atoms with Crippen LogP contribution in [0.4, 0.5) is 5.69 Å². The van der Waals surface area contributed by atoms with Gasteiger partial charge in [0.05, 0.1) is 4.92 Å². The first-order valence-corrected chi connectivity index (χ1v) is 4.67. The second-order valence-corrected chi connectivity index (χ2v) is 3.58. The highest BCUT2D eigenvalue weighted by atomic mass is 79.9. The zero-order valence-electron chi connectivity index (χ0n) is 6.98. The fourth-order valence-electron chi connectivity index (χ4n) is 1.27. The average Bonchev–Trinajstić information content (AvgIpc) is 2.18. The largest absolute Gasteiger partial charge is 0.295 e. The summed E-state index contributed by atoms with van der Waals surface area (Å²) in [5.41, 5.74) is 0.440. The Kier molecular flexibility index (Phi) is 2.17. The van der Waals surface area contributed by atoms with Gasteiger partial charge in [-0.25, -0.2) is 4.98 Å². The van der Waals surface area contributed by atoms with Gasteiger partial charge in [-0.05, 0) is 18.2 Å². The van der Waals surface area contributed by atoms with Crippen LogP contribution >= 0.6 is 15.9 Å². The van der Waals surface area contributed by atoms with Crippen molar-refractivity contribution in [1.82, 2.24) is 4.98 Å². The highest BCUT2D eigenvalue weighted by Gasteiger charge is 2.13. The lowest BCUT2D eigenvalue weighted by atomic mass is 10.2. The molecule has 0 aliphatic rings. The minimum absolute atomic E-state index is 0.0313. The van der Waals surface area contributed by atoms with Crippen LogP contribution in [-0.2, 0) is 0 Å². The number of pyridine rings is 1. The standard InChI is InChI=1S/C9H5BrN2O2/c10-7-3-4-8(12(13)14)9-6(7)2-1-5-11-9/h1-5H. The fraction of sp³-hybridized carbons (Fsp3) is 0. The van der Waals surface area contributed by atoms with Crippen molar-refractivity contribution in [2.75, 3.05) is 0 Å². The molecule has 0 aliphatic heterocycles. The predicted molar refractivity (Wildman–Crippen MR) is 56.1 cm³/mol. The third kappa shape index (κ3) is 1.35. The molecule has 14 heavy (non-hydrogen) atoms. The van der Waals surface area contributed by atoms with E-state index in [1.807, 2.05) is 0 Å². The molecule has 0 amide bonds. The SMILES string of the molecule is O=[N+]([O-])c1ccc(Br)c2cccnc12. The number of nitro benzene ring substituents is 1. The molecule has 0 radical (unpaired) electrons. The number of non-ortho nitro benzene ring substituents is 1. The Morgan fingerprint density at radius 1 is 1.36 bits per heavy atom. The Bertz CT molecular complexity index is 513. The number of halogens is 1. The van der Waals surface area contributed by atoms with E-state index in [-0.39, 0.29) is 5.69 Å². The van der Waals surface area contributed by atoms with Crippen molar-refractivity contribution in [3.63, 3.8) is 0 Å². The van der Waals surface area contributed by atoms with Gasteiger partial charge in [0.15, 0.2) is 0 Å². The summed E-state index contributed by atoms with van der Waals surface area (Å²) in [7, 11) is 0. The molecule has 0 spiro atoms. The van der Waals surface area contributed by atoms with Gasteiger partial charge in [-0.15, -0.1) is 0 Å². The summed E-state index contributed by atoms with van der Waals surface area (Å²) in [5, 5.41) is 11.4. The second kappa shape index (κ2) is 3.34. The molecular weight excluding hydrogens is 248 g/mol. The zero-order valence-corrected chi connectivity index (χ0v) is 8.56. The number of fused-ring (bicyclic) bond motifs is 1. The minimum atomic E-state index is -0.429. The fourth-order valence-corrected chi connectivity index (χ4v) is 1.72. The Morgan fingerprint density at radius 3 is 2.86 bits per heavy atom. The van der Waals surface area contributed by atoms with Gasteiger partial charge in [0, 0.05) is 22.1 Å². The molecule has 4 nitrogen and oxygen atoms in total. The molecule has 1 aromatic carbocycles. The molecule has 0 fully saturated rings. The summed E-state index contributed by atoms with van der Waals surface area (Å²) in [5.74, 6) is 0. The normalized spacial score (nSPS) is 10.4. The summed E-state index contributed by atoms with van der Waals surface area (Å²) in [6.07, 6.45) is 1.54. The number of hydrogen-bond donors (Lipinski definition) is 0. The van der Waals surface area contributed by atoms with E-state index in [4.69, 9.17) is 0 Å². The van der Waals surface area contributed by atoms with Crippen LogP contribution < -0.4 is 0 Å². The monoisotopic (exact) mass is 252 g/mol. The van der Waals surface area contributed by atoms with Crippen LogP contribution in [0.2, 0.25) is 0 Å². The number of nitrogens with zero attached hydrogens (tertiary/aromatic N) is 2. The smallest absolute Gasteiger partial charge is 0.258 e. The van der Waals surface area contributed by atoms with Crippen molar-refractivity contribution >= 4 is 32.5 Å². The van der Waals surface area contributed by atoms with Crippen molar-refractivity contribution in [3.05, 3.63) is 45.0 Å². The number of benzene rings is 1. The first-order valence-electron chi connectivity index (χ1n) is 3.88. The van der Waals surface area contributed by atoms with Gasteiger partial charge in [-0.2, -0.15) is 0 Å². The maximum atomic E-state index is 10.7. The van der Waals surface area contributed by atoms with E-state index in [0.717, 1.165) is 9.86 Å². The van der Waals surface area contributed by atoms with E-state index in [1.54, 1.807) is 24.4 Å². The molecule has 0 aliphatic carbocycles. The van der Waals surface area contributed by atoms with Gasteiger partial charge < -0.3 is 0 Å². The molecule has 0 bridgehead atoms. The molecule has 0 unspecified atom stereocenters. The highest BCUT2D eigenvalue weighted by Crippen LogP contribution is 2.29. The van der Waals surface area contributed by atoms with E-state index >= 15 is 0 Å². The zero-order chi connectivity index (χ0) is 10.1. The topological polar surface area (TPSA) is 56.0 Å². The Labute approximate surface area is 87.9 Å². The molecule has 70 valence electrons. The van der Waals surface area contributed by atoms with E-state index in [1.165, 1.54) is 6.07 Å². The van der Waals surface area contributed by atoms with Gasteiger partial charge in [0.25, 0.3) is 5.69 Å². The Balaban J connectivity index is 2.88. The molecule has 1 heterocycles. The molecule has 2 aromatic rings. The van der Waals surface area contributed by atoms with Crippen LogP contribution in [0.5, 0.6) is 0 Å². The third-order valence-corrected chi connectivity index (χ3v) is 2.58. The molecule has 0 saturated carbocycles. The van der Waals surface area contributed by atoms with Crippen LogP contribution in [0.1, 0.15) is 0 Å². The van der Waals surface area contributed by atoms with Gasteiger partial charge in [-0.3, -0.25) is 10.1 Å². The first kappa shape index (κ1) is 9.08. The van der Waals surface area contributed by atoms with Gasteiger partial charge in [0.1, 0.15) is 5.52 Å². The highest BCUT2D eigenvalue weighted by molar-refractivity contribution is 9.10. The molecule has 0 atom stereocenters. The van der Waals surface area contributed by atoms with Gasteiger partial charge >= 0.3 is 0 Å². The molecule has 0 N–H and O–H groups in total. The third-order valence-electron chi connectivity index (χ3n) is 1.89. The summed E-state index contributed by atoms with van der Waals surface area (Å²) in [6.45, 7) is 0. The van der Waals surface area contributed by atoms with E-state index < -0.39 is 4.92 Å². The van der Waals surface area contributed by atoms with Crippen LogP contribution in [0.3, 0.4) is 0 Å². The maximum absolute atomic E-state index is 10.7. The van der Waals surface area contributed by atoms with E-state index in [0.29, 0.717) is 5.52 Å². The Hall–Kier alpha value is -1.49. The van der Waals surface area contributed by atoms with Crippen LogP contribution in [0.25, 0.3) is 10.9 Å². The van der Waals surface area contributed by atoms with Crippen LogP contribution in [0.15, 0.2) is 34.9 Å². The lowest BCUT2D eigenvalue weighted by molar-refractivity contribution is -0.383. The van der Waals surface area contributed by atoms with Crippen molar-refractivity contribution < 1.29 is 4.92 Å². The van der Waals surface area contributed by atoms with Crippen molar-refractivity contribution in [3.8, 4) is 0 Å². The lowest BCUT2D eigenvalue weighted by Crippen LogP contribution is -1.91. The van der Waals surface area contributed by atoms with Gasteiger partial charge in [-0.1, -0.05) is 15.9 Å². The Morgan fingerprint density at radius 2 is 2.14 bits per heavy atom. The van der Waals surface area contributed by atoms with Crippen LogP contribution in [0, 0.1) is 10.1 Å². The summed E-state index contributed by atoms with van der Waals surface area (Å²) >= 11 is 3.32.